The molecule has 0 fully saturated rings. The highest BCUT2D eigenvalue weighted by atomic mass is 16.3. The summed E-state index contributed by atoms with van der Waals surface area (Å²) in [6, 6.07) is 0.0162. The first-order valence-electron chi connectivity index (χ1n) is 2.93. The molecule has 0 aromatic rings. The van der Waals surface area contributed by atoms with Crippen LogP contribution in [0.2, 0.25) is 0 Å². The number of hydrogen-bond acceptors (Lipinski definition) is 2. The number of carbonyl (C=O) groups excluding carboxylic acids is 1. The maximum atomic E-state index is 10.0. The van der Waals surface area contributed by atoms with Gasteiger partial charge in [-0.15, -0.1) is 0 Å². The van der Waals surface area contributed by atoms with Gasteiger partial charge in [-0.2, -0.15) is 0 Å². The van der Waals surface area contributed by atoms with Gasteiger partial charge in [-0.3, -0.25) is 4.79 Å². The molecule has 1 N–H and O–H groups in total. The van der Waals surface area contributed by atoms with Gasteiger partial charge < -0.3 is 10.0 Å². The first-order valence-corrected chi connectivity index (χ1v) is 2.93. The molecular weight excluding hydrogens is 118 g/mol. The average molecular weight is 130 g/mol. The number of nitrogens with zero attached hydrogens (tertiary/aromatic N) is 1. The van der Waals surface area contributed by atoms with Gasteiger partial charge in [-0.05, 0) is 20.8 Å². The number of rotatable bonds is 3. The predicted molar refractivity (Wildman–Crippen MR) is 34.3 cm³/mol. The Morgan fingerprint density at radius 1 is 1.44 bits per heavy atom. The van der Waals surface area contributed by atoms with Gasteiger partial charge in [0.15, 0.2) is 0 Å². The molecule has 0 aliphatic rings. The van der Waals surface area contributed by atoms with Crippen molar-refractivity contribution in [1.29, 1.82) is 0 Å². The van der Waals surface area contributed by atoms with Crippen LogP contribution in [0.1, 0.15) is 20.8 Å². The minimum absolute atomic E-state index is 0.0162. The zero-order valence-corrected chi connectivity index (χ0v) is 5.96. The fourth-order valence-corrected chi connectivity index (χ4v) is 0.613. The Kier molecular flexibility index (Phi) is 3.24. The molecule has 0 aliphatic heterocycles. The molecule has 0 heterocycles. The molecule has 0 aromatic carbocycles. The van der Waals surface area contributed by atoms with Crippen LogP contribution in [0, 0.1) is 0 Å². The Hall–Kier alpha value is -0.570. The molecule has 1 amide bonds. The second kappa shape index (κ2) is 3.45. The Morgan fingerprint density at radius 3 is 1.89 bits per heavy atom. The van der Waals surface area contributed by atoms with Crippen LogP contribution in [0.15, 0.2) is 0 Å². The van der Waals surface area contributed by atoms with Crippen LogP contribution in [-0.4, -0.2) is 28.7 Å². The highest BCUT2D eigenvalue weighted by Gasteiger charge is 2.11. The highest BCUT2D eigenvalue weighted by Crippen LogP contribution is 1.97. The van der Waals surface area contributed by atoms with E-state index in [1.807, 2.05) is 13.8 Å². The lowest BCUT2D eigenvalue weighted by Gasteiger charge is -2.23. The van der Waals surface area contributed by atoms with Crippen molar-refractivity contribution < 1.29 is 9.90 Å². The summed E-state index contributed by atoms with van der Waals surface area (Å²) in [6.07, 6.45) is 0.900. The van der Waals surface area contributed by atoms with E-state index < -0.39 is 6.23 Å². The Labute approximate surface area is 55.3 Å². The van der Waals surface area contributed by atoms with Crippen LogP contribution in [0.4, 0.5) is 0 Å². The van der Waals surface area contributed by atoms with Gasteiger partial charge in [0.05, 0.1) is 0 Å². The van der Waals surface area contributed by atoms with Gasteiger partial charge in [0.2, 0.25) is 0 Å². The van der Waals surface area contributed by atoms with Gasteiger partial charge in [-0.25, -0.2) is 0 Å². The minimum atomic E-state index is -0.734. The van der Waals surface area contributed by atoms with Crippen LogP contribution in [0.25, 0.3) is 0 Å². The van der Waals surface area contributed by atoms with E-state index in [-0.39, 0.29) is 6.04 Å². The molecule has 1 radical (unpaired) electrons. The summed E-state index contributed by atoms with van der Waals surface area (Å²) in [5, 5.41) is 8.85. The third kappa shape index (κ3) is 2.46. The van der Waals surface area contributed by atoms with Crippen molar-refractivity contribution in [2.24, 2.45) is 0 Å². The summed E-state index contributed by atoms with van der Waals surface area (Å²) in [4.78, 5) is 11.2. The molecule has 0 saturated carbocycles. The molecule has 0 bridgehead atoms. The molecule has 0 aromatic heterocycles. The first-order chi connectivity index (χ1) is 4.09. The number of hydrogen-bond donors (Lipinski definition) is 1. The van der Waals surface area contributed by atoms with Gasteiger partial charge >= 0.3 is 6.41 Å². The van der Waals surface area contributed by atoms with E-state index in [0.717, 1.165) is 0 Å². The maximum absolute atomic E-state index is 10.0. The topological polar surface area (TPSA) is 40.5 Å². The molecule has 9 heavy (non-hydrogen) atoms. The van der Waals surface area contributed by atoms with Crippen LogP contribution >= 0.6 is 0 Å². The van der Waals surface area contributed by atoms with Crippen molar-refractivity contribution in [1.82, 2.24) is 4.90 Å². The molecule has 0 saturated heterocycles. The maximum Gasteiger partial charge on any atom is 0.314 e. The SMILES string of the molecule is CC(C)N([C]=O)C(C)O. The monoisotopic (exact) mass is 130 g/mol. The predicted octanol–water partition coefficient (Wildman–Crippen LogP) is 0.102. The molecule has 0 aliphatic carbocycles. The fraction of sp³-hybridized carbons (Fsp3) is 0.833. The van der Waals surface area contributed by atoms with Crippen molar-refractivity contribution in [2.45, 2.75) is 33.0 Å². The van der Waals surface area contributed by atoms with Crippen LogP contribution in [-0.2, 0) is 4.79 Å². The van der Waals surface area contributed by atoms with Gasteiger partial charge in [0.1, 0.15) is 6.23 Å². The Morgan fingerprint density at radius 2 is 1.89 bits per heavy atom. The summed E-state index contributed by atoms with van der Waals surface area (Å²) in [6.45, 7) is 5.17. The third-order valence-electron chi connectivity index (χ3n) is 1.06. The number of aliphatic hydroxyl groups excluding tert-OH is 1. The number of aliphatic hydroxyl groups is 1. The van der Waals surface area contributed by atoms with E-state index in [9.17, 15) is 4.79 Å². The second-order valence-corrected chi connectivity index (χ2v) is 2.22. The van der Waals surface area contributed by atoms with Crippen molar-refractivity contribution in [3.63, 3.8) is 0 Å². The van der Waals surface area contributed by atoms with Crippen molar-refractivity contribution in [3.05, 3.63) is 0 Å². The van der Waals surface area contributed by atoms with E-state index in [4.69, 9.17) is 5.11 Å². The van der Waals surface area contributed by atoms with Gasteiger partial charge in [0, 0.05) is 6.04 Å². The Bertz CT molecular complexity index is 83.1. The van der Waals surface area contributed by atoms with Gasteiger partial charge in [0.25, 0.3) is 0 Å². The van der Waals surface area contributed by atoms with Crippen LogP contribution in [0.3, 0.4) is 0 Å². The molecule has 0 rings (SSSR count). The molecule has 1 unspecified atom stereocenters. The zero-order valence-electron chi connectivity index (χ0n) is 5.96. The largest absolute Gasteiger partial charge is 0.374 e. The number of amides is 1. The molecule has 3 nitrogen and oxygen atoms in total. The summed E-state index contributed by atoms with van der Waals surface area (Å²) < 4.78 is 0. The van der Waals surface area contributed by atoms with Crippen LogP contribution in [0.5, 0.6) is 0 Å². The normalized spacial score (nSPS) is 13.4. The molecule has 0 spiro atoms. The summed E-state index contributed by atoms with van der Waals surface area (Å²) in [5.74, 6) is 0. The summed E-state index contributed by atoms with van der Waals surface area (Å²) in [7, 11) is 0. The van der Waals surface area contributed by atoms with Crippen LogP contribution < -0.4 is 0 Å². The van der Waals surface area contributed by atoms with E-state index in [0.29, 0.717) is 0 Å². The zero-order chi connectivity index (χ0) is 7.44. The molecular formula is C6H12NO2. The lowest BCUT2D eigenvalue weighted by atomic mass is 10.3. The van der Waals surface area contributed by atoms with Gasteiger partial charge in [-0.1, -0.05) is 0 Å². The second-order valence-electron chi connectivity index (χ2n) is 2.22. The van der Waals surface area contributed by atoms with Crippen molar-refractivity contribution in [2.75, 3.05) is 0 Å². The first kappa shape index (κ1) is 8.43. The highest BCUT2D eigenvalue weighted by molar-refractivity contribution is 5.48. The van der Waals surface area contributed by atoms with E-state index in [1.165, 1.54) is 11.8 Å². The van der Waals surface area contributed by atoms with E-state index in [2.05, 4.69) is 0 Å². The molecule has 1 atom stereocenters. The average Bonchev–Trinajstić information content (AvgIpc) is 1.64. The van der Waals surface area contributed by atoms with Crippen molar-refractivity contribution in [3.8, 4) is 0 Å². The smallest absolute Gasteiger partial charge is 0.314 e. The van der Waals surface area contributed by atoms with E-state index in [1.54, 1.807) is 6.41 Å². The van der Waals surface area contributed by atoms with Crippen molar-refractivity contribution >= 4 is 6.41 Å². The lowest BCUT2D eigenvalue weighted by Crippen LogP contribution is -2.37. The summed E-state index contributed by atoms with van der Waals surface area (Å²) in [5.41, 5.74) is 0. The molecule has 53 valence electrons. The standard InChI is InChI=1S/C6H12NO2/c1-5(2)7(4-8)6(3)9/h5-6,9H,1-3H3. The minimum Gasteiger partial charge on any atom is -0.374 e. The lowest BCUT2D eigenvalue weighted by molar-refractivity contribution is 0.0500. The van der Waals surface area contributed by atoms with E-state index >= 15 is 0 Å². The quantitative estimate of drug-likeness (QED) is 0.435. The third-order valence-corrected chi connectivity index (χ3v) is 1.06. The Balaban J connectivity index is 3.82. The molecule has 3 heteroatoms. The summed E-state index contributed by atoms with van der Waals surface area (Å²) >= 11 is 0. The fourth-order valence-electron chi connectivity index (χ4n) is 0.613.